The molecule has 5 heteroatoms. The van der Waals surface area contributed by atoms with Crippen LogP contribution in [0.4, 0.5) is 10.5 Å². The van der Waals surface area contributed by atoms with Gasteiger partial charge in [-0.15, -0.1) is 0 Å². The average molecular weight is 176 g/mol. The Labute approximate surface area is 74.0 Å². The van der Waals surface area contributed by atoms with E-state index in [-0.39, 0.29) is 0 Å². The van der Waals surface area contributed by atoms with Crippen molar-refractivity contribution in [3.63, 3.8) is 0 Å². The standard InChI is InChI=1S/C8H8N4O/c9-8(13)12-6-4-11-5-2-1-3-10-7(5)6/h1-4,11H,(H3,9,12,13). The molecule has 5 nitrogen and oxygen atoms in total. The van der Waals surface area contributed by atoms with Crippen LogP contribution in [-0.4, -0.2) is 16.0 Å². The van der Waals surface area contributed by atoms with Crippen LogP contribution in [0.1, 0.15) is 0 Å². The van der Waals surface area contributed by atoms with E-state index in [0.29, 0.717) is 11.2 Å². The van der Waals surface area contributed by atoms with Crippen molar-refractivity contribution in [3.8, 4) is 0 Å². The maximum absolute atomic E-state index is 10.6. The van der Waals surface area contributed by atoms with Gasteiger partial charge in [0.2, 0.25) is 0 Å². The summed E-state index contributed by atoms with van der Waals surface area (Å²) in [5.74, 6) is 0. The van der Waals surface area contributed by atoms with Gasteiger partial charge in [-0.25, -0.2) is 4.79 Å². The van der Waals surface area contributed by atoms with E-state index < -0.39 is 6.03 Å². The van der Waals surface area contributed by atoms with Crippen molar-refractivity contribution in [2.24, 2.45) is 5.73 Å². The largest absolute Gasteiger partial charge is 0.358 e. The molecule has 13 heavy (non-hydrogen) atoms. The first-order valence-corrected chi connectivity index (χ1v) is 3.76. The second-order valence-electron chi connectivity index (χ2n) is 2.59. The lowest BCUT2D eigenvalue weighted by atomic mass is 10.3. The van der Waals surface area contributed by atoms with Crippen molar-refractivity contribution in [1.29, 1.82) is 0 Å². The van der Waals surface area contributed by atoms with E-state index in [0.717, 1.165) is 5.52 Å². The van der Waals surface area contributed by atoms with Crippen molar-refractivity contribution < 1.29 is 4.79 Å². The summed E-state index contributed by atoms with van der Waals surface area (Å²) in [6, 6.07) is 3.09. The van der Waals surface area contributed by atoms with Crippen LogP contribution in [-0.2, 0) is 0 Å². The molecule has 2 rings (SSSR count). The molecular weight excluding hydrogens is 168 g/mol. The molecule has 0 spiro atoms. The van der Waals surface area contributed by atoms with E-state index in [9.17, 15) is 4.79 Å². The number of nitrogens with zero attached hydrogens (tertiary/aromatic N) is 1. The smallest absolute Gasteiger partial charge is 0.316 e. The Balaban J connectivity index is 2.51. The molecule has 0 unspecified atom stereocenters. The maximum Gasteiger partial charge on any atom is 0.316 e. The fraction of sp³-hybridized carbons (Fsp3) is 0. The van der Waals surface area contributed by atoms with Crippen molar-refractivity contribution in [3.05, 3.63) is 24.5 Å². The lowest BCUT2D eigenvalue weighted by Gasteiger charge is -1.96. The lowest BCUT2D eigenvalue weighted by Crippen LogP contribution is -2.19. The Hall–Kier alpha value is -2.04. The van der Waals surface area contributed by atoms with E-state index in [1.807, 2.05) is 12.1 Å². The van der Waals surface area contributed by atoms with Crippen LogP contribution in [0.15, 0.2) is 24.5 Å². The van der Waals surface area contributed by atoms with E-state index in [2.05, 4.69) is 15.3 Å². The summed E-state index contributed by atoms with van der Waals surface area (Å²) in [5.41, 5.74) is 7.16. The number of hydrogen-bond acceptors (Lipinski definition) is 2. The molecule has 2 aromatic heterocycles. The molecule has 2 amide bonds. The molecule has 0 saturated carbocycles. The maximum atomic E-state index is 10.6. The average Bonchev–Trinajstić information content (AvgIpc) is 2.48. The number of H-pyrrole nitrogens is 1. The monoisotopic (exact) mass is 176 g/mol. The molecule has 0 aliphatic heterocycles. The highest BCUT2D eigenvalue weighted by Crippen LogP contribution is 2.19. The van der Waals surface area contributed by atoms with Crippen molar-refractivity contribution in [2.75, 3.05) is 5.32 Å². The molecule has 0 fully saturated rings. The number of rotatable bonds is 1. The Bertz CT molecular complexity index is 448. The van der Waals surface area contributed by atoms with Gasteiger partial charge >= 0.3 is 6.03 Å². The van der Waals surface area contributed by atoms with Crippen molar-refractivity contribution >= 4 is 22.8 Å². The van der Waals surface area contributed by atoms with Crippen LogP contribution in [0.5, 0.6) is 0 Å². The second kappa shape index (κ2) is 2.78. The van der Waals surface area contributed by atoms with Gasteiger partial charge in [0.05, 0.1) is 11.2 Å². The number of urea groups is 1. The number of primary amides is 1. The number of anilines is 1. The molecule has 0 bridgehead atoms. The summed E-state index contributed by atoms with van der Waals surface area (Å²) >= 11 is 0. The quantitative estimate of drug-likeness (QED) is 0.606. The number of nitrogens with two attached hydrogens (primary N) is 1. The first kappa shape index (κ1) is 7.60. The summed E-state index contributed by atoms with van der Waals surface area (Å²) in [5, 5.41) is 2.47. The molecular formula is C8H8N4O. The lowest BCUT2D eigenvalue weighted by molar-refractivity contribution is 0.259. The summed E-state index contributed by atoms with van der Waals surface area (Å²) < 4.78 is 0. The molecule has 0 aliphatic rings. The predicted molar refractivity (Wildman–Crippen MR) is 49.3 cm³/mol. The number of hydrogen-bond donors (Lipinski definition) is 3. The summed E-state index contributed by atoms with van der Waals surface area (Å²) in [6.07, 6.45) is 3.31. The molecule has 0 saturated heterocycles. The van der Waals surface area contributed by atoms with Crippen LogP contribution >= 0.6 is 0 Å². The van der Waals surface area contributed by atoms with E-state index in [1.165, 1.54) is 0 Å². The van der Waals surface area contributed by atoms with Gasteiger partial charge < -0.3 is 16.0 Å². The third-order valence-electron chi connectivity index (χ3n) is 1.69. The normalized spacial score (nSPS) is 10.2. The predicted octanol–water partition coefficient (Wildman–Crippen LogP) is 1.05. The van der Waals surface area contributed by atoms with E-state index in [4.69, 9.17) is 5.73 Å². The summed E-state index contributed by atoms with van der Waals surface area (Å²) in [6.45, 7) is 0. The van der Waals surface area contributed by atoms with Gasteiger partial charge in [0.15, 0.2) is 0 Å². The van der Waals surface area contributed by atoms with Crippen molar-refractivity contribution in [1.82, 2.24) is 9.97 Å². The third-order valence-corrected chi connectivity index (χ3v) is 1.69. The van der Waals surface area contributed by atoms with Gasteiger partial charge in [0.1, 0.15) is 5.52 Å². The molecule has 2 aromatic rings. The number of fused-ring (bicyclic) bond motifs is 1. The number of aromatic nitrogens is 2. The Kier molecular flexibility index (Phi) is 1.63. The summed E-state index contributed by atoms with van der Waals surface area (Å²) in [7, 11) is 0. The number of pyridine rings is 1. The first-order chi connectivity index (χ1) is 6.27. The van der Waals surface area contributed by atoms with Gasteiger partial charge in [0.25, 0.3) is 0 Å². The van der Waals surface area contributed by atoms with Gasteiger partial charge in [-0.1, -0.05) is 0 Å². The fourth-order valence-corrected chi connectivity index (χ4v) is 1.18. The van der Waals surface area contributed by atoms with Crippen LogP contribution < -0.4 is 11.1 Å². The SMILES string of the molecule is NC(=O)Nc1c[nH]c2cccnc12. The van der Waals surface area contributed by atoms with E-state index in [1.54, 1.807) is 12.4 Å². The van der Waals surface area contributed by atoms with Crippen molar-refractivity contribution in [2.45, 2.75) is 0 Å². The minimum absolute atomic E-state index is 0.591. The zero-order valence-corrected chi connectivity index (χ0v) is 6.74. The van der Waals surface area contributed by atoms with Gasteiger partial charge in [-0.2, -0.15) is 0 Å². The van der Waals surface area contributed by atoms with Crippen LogP contribution in [0, 0.1) is 0 Å². The number of amides is 2. The second-order valence-corrected chi connectivity index (χ2v) is 2.59. The molecule has 66 valence electrons. The summed E-state index contributed by atoms with van der Waals surface area (Å²) in [4.78, 5) is 17.6. The van der Waals surface area contributed by atoms with Crippen LogP contribution in [0.3, 0.4) is 0 Å². The van der Waals surface area contributed by atoms with Gasteiger partial charge in [-0.05, 0) is 12.1 Å². The highest BCUT2D eigenvalue weighted by Gasteiger charge is 2.04. The highest BCUT2D eigenvalue weighted by atomic mass is 16.2. The molecule has 4 N–H and O–H groups in total. The number of carbonyl (C=O) groups excluding carboxylic acids is 1. The number of carbonyl (C=O) groups is 1. The van der Waals surface area contributed by atoms with Crippen LogP contribution in [0.25, 0.3) is 11.0 Å². The number of aromatic amines is 1. The van der Waals surface area contributed by atoms with Crippen LogP contribution in [0.2, 0.25) is 0 Å². The molecule has 0 radical (unpaired) electrons. The Morgan fingerprint density at radius 1 is 1.62 bits per heavy atom. The minimum atomic E-state index is -0.591. The third kappa shape index (κ3) is 1.31. The Morgan fingerprint density at radius 2 is 2.46 bits per heavy atom. The molecule has 0 aromatic carbocycles. The highest BCUT2D eigenvalue weighted by molar-refractivity contribution is 5.98. The van der Waals surface area contributed by atoms with Gasteiger partial charge in [0, 0.05) is 12.4 Å². The fourth-order valence-electron chi connectivity index (χ4n) is 1.18. The zero-order valence-electron chi connectivity index (χ0n) is 6.74. The zero-order chi connectivity index (χ0) is 9.26. The number of nitrogens with one attached hydrogen (secondary N) is 2. The molecule has 0 aliphatic carbocycles. The first-order valence-electron chi connectivity index (χ1n) is 3.76. The van der Waals surface area contributed by atoms with Gasteiger partial charge in [-0.3, -0.25) is 4.98 Å². The Morgan fingerprint density at radius 3 is 3.23 bits per heavy atom. The molecule has 2 heterocycles. The topological polar surface area (TPSA) is 83.8 Å². The van der Waals surface area contributed by atoms with E-state index >= 15 is 0 Å². The minimum Gasteiger partial charge on any atom is -0.358 e. The molecule has 0 atom stereocenters.